The summed E-state index contributed by atoms with van der Waals surface area (Å²) in [6.07, 6.45) is 5.15. The summed E-state index contributed by atoms with van der Waals surface area (Å²) in [4.78, 5) is 0. The lowest BCUT2D eigenvalue weighted by molar-refractivity contribution is 0.223. The average molecular weight is 289 g/mol. The SMILES string of the molecule is COc1ccc(C)cc1C1(CNC(C)C)CCC(C)CC1. The normalized spacial score (nSPS) is 26.1. The fraction of sp³-hybridized carbons (Fsp3) is 0.684. The lowest BCUT2D eigenvalue weighted by Gasteiger charge is -2.41. The summed E-state index contributed by atoms with van der Waals surface area (Å²) in [6, 6.07) is 7.16. The molecular formula is C19H31NO. The number of hydrogen-bond acceptors (Lipinski definition) is 2. The van der Waals surface area contributed by atoms with Gasteiger partial charge in [0, 0.05) is 23.6 Å². The van der Waals surface area contributed by atoms with E-state index in [9.17, 15) is 0 Å². The molecule has 0 atom stereocenters. The predicted octanol–water partition coefficient (Wildman–Crippen LogP) is 4.45. The van der Waals surface area contributed by atoms with E-state index in [1.807, 2.05) is 0 Å². The van der Waals surface area contributed by atoms with Crippen LogP contribution in [-0.2, 0) is 5.41 Å². The van der Waals surface area contributed by atoms with E-state index in [0.29, 0.717) is 6.04 Å². The highest BCUT2D eigenvalue weighted by atomic mass is 16.5. The highest BCUT2D eigenvalue weighted by Gasteiger charge is 2.37. The van der Waals surface area contributed by atoms with Crippen molar-refractivity contribution < 1.29 is 4.74 Å². The molecular weight excluding hydrogens is 258 g/mol. The molecule has 0 spiro atoms. The van der Waals surface area contributed by atoms with Gasteiger partial charge in [-0.05, 0) is 44.6 Å². The first-order chi connectivity index (χ1) is 9.97. The second-order valence-corrected chi connectivity index (χ2v) is 7.20. The van der Waals surface area contributed by atoms with Crippen LogP contribution in [0.2, 0.25) is 0 Å². The average Bonchev–Trinajstić information content (AvgIpc) is 2.47. The maximum Gasteiger partial charge on any atom is 0.122 e. The van der Waals surface area contributed by atoms with E-state index in [4.69, 9.17) is 4.74 Å². The van der Waals surface area contributed by atoms with Crippen molar-refractivity contribution in [1.29, 1.82) is 0 Å². The maximum absolute atomic E-state index is 5.68. The first kappa shape index (κ1) is 16.4. The molecule has 1 saturated carbocycles. The summed E-state index contributed by atoms with van der Waals surface area (Å²) in [5, 5.41) is 3.68. The zero-order valence-corrected chi connectivity index (χ0v) is 14.3. The van der Waals surface area contributed by atoms with Crippen molar-refractivity contribution in [3.05, 3.63) is 29.3 Å². The molecule has 0 radical (unpaired) electrons. The van der Waals surface area contributed by atoms with Gasteiger partial charge in [0.05, 0.1) is 7.11 Å². The zero-order chi connectivity index (χ0) is 15.5. The number of rotatable bonds is 5. The topological polar surface area (TPSA) is 21.3 Å². The third-order valence-electron chi connectivity index (χ3n) is 5.01. The Labute approximate surface area is 130 Å². The van der Waals surface area contributed by atoms with E-state index in [-0.39, 0.29) is 5.41 Å². The van der Waals surface area contributed by atoms with Crippen LogP contribution in [0.25, 0.3) is 0 Å². The first-order valence-electron chi connectivity index (χ1n) is 8.35. The molecule has 118 valence electrons. The molecule has 1 aliphatic carbocycles. The van der Waals surface area contributed by atoms with E-state index in [1.165, 1.54) is 36.8 Å². The van der Waals surface area contributed by atoms with Crippen LogP contribution in [0, 0.1) is 12.8 Å². The van der Waals surface area contributed by atoms with Gasteiger partial charge in [-0.1, -0.05) is 38.5 Å². The van der Waals surface area contributed by atoms with Gasteiger partial charge < -0.3 is 10.1 Å². The van der Waals surface area contributed by atoms with Crippen LogP contribution in [0.4, 0.5) is 0 Å². The zero-order valence-electron chi connectivity index (χ0n) is 14.3. The summed E-state index contributed by atoms with van der Waals surface area (Å²) in [6.45, 7) is 10.1. The molecule has 0 amide bonds. The van der Waals surface area contributed by atoms with Gasteiger partial charge in [0.1, 0.15) is 5.75 Å². The number of ether oxygens (including phenoxy) is 1. The second-order valence-electron chi connectivity index (χ2n) is 7.20. The Kier molecular flexibility index (Phi) is 5.32. The van der Waals surface area contributed by atoms with Crippen LogP contribution in [0.1, 0.15) is 57.6 Å². The Bertz CT molecular complexity index is 459. The number of hydrogen-bond donors (Lipinski definition) is 1. The van der Waals surface area contributed by atoms with Crippen LogP contribution in [-0.4, -0.2) is 19.7 Å². The molecule has 0 aromatic heterocycles. The summed E-state index contributed by atoms with van der Waals surface area (Å²) in [7, 11) is 1.79. The van der Waals surface area contributed by atoms with E-state index in [1.54, 1.807) is 7.11 Å². The van der Waals surface area contributed by atoms with Crippen LogP contribution in [0.3, 0.4) is 0 Å². The molecule has 2 nitrogen and oxygen atoms in total. The predicted molar refractivity (Wildman–Crippen MR) is 90.2 cm³/mol. The lowest BCUT2D eigenvalue weighted by Crippen LogP contribution is -2.43. The smallest absolute Gasteiger partial charge is 0.122 e. The molecule has 1 aromatic rings. The van der Waals surface area contributed by atoms with Gasteiger partial charge in [0.2, 0.25) is 0 Å². The van der Waals surface area contributed by atoms with Crippen LogP contribution in [0.5, 0.6) is 5.75 Å². The molecule has 2 rings (SSSR count). The van der Waals surface area contributed by atoms with E-state index >= 15 is 0 Å². The number of methoxy groups -OCH3 is 1. The molecule has 1 fully saturated rings. The van der Waals surface area contributed by atoms with Gasteiger partial charge in [-0.2, -0.15) is 0 Å². The van der Waals surface area contributed by atoms with Gasteiger partial charge >= 0.3 is 0 Å². The van der Waals surface area contributed by atoms with Crippen LogP contribution >= 0.6 is 0 Å². The highest BCUT2D eigenvalue weighted by Crippen LogP contribution is 2.44. The third kappa shape index (κ3) is 3.79. The molecule has 0 saturated heterocycles. The van der Waals surface area contributed by atoms with Gasteiger partial charge in [-0.3, -0.25) is 0 Å². The molecule has 1 aromatic carbocycles. The summed E-state index contributed by atoms with van der Waals surface area (Å²) >= 11 is 0. The molecule has 0 bridgehead atoms. The van der Waals surface area contributed by atoms with Crippen molar-refractivity contribution in [2.24, 2.45) is 5.92 Å². The molecule has 0 heterocycles. The van der Waals surface area contributed by atoms with Crippen molar-refractivity contribution in [3.8, 4) is 5.75 Å². The summed E-state index contributed by atoms with van der Waals surface area (Å²) < 4.78 is 5.68. The molecule has 0 unspecified atom stereocenters. The van der Waals surface area contributed by atoms with Crippen LogP contribution < -0.4 is 10.1 Å². The van der Waals surface area contributed by atoms with Crippen molar-refractivity contribution in [3.63, 3.8) is 0 Å². The van der Waals surface area contributed by atoms with E-state index in [2.05, 4.69) is 51.2 Å². The van der Waals surface area contributed by atoms with E-state index in [0.717, 1.165) is 18.2 Å². The van der Waals surface area contributed by atoms with Crippen molar-refractivity contribution >= 4 is 0 Å². The lowest BCUT2D eigenvalue weighted by atomic mass is 9.66. The molecule has 2 heteroatoms. The fourth-order valence-corrected chi connectivity index (χ4v) is 3.49. The maximum atomic E-state index is 5.68. The minimum absolute atomic E-state index is 0.230. The standard InChI is InChI=1S/C19H31NO/c1-14(2)20-13-19(10-8-15(3)9-11-19)17-12-16(4)6-7-18(17)21-5/h6-7,12,14-15,20H,8-11,13H2,1-5H3. The first-order valence-corrected chi connectivity index (χ1v) is 8.35. The van der Waals surface area contributed by atoms with Crippen molar-refractivity contribution in [2.45, 2.75) is 64.8 Å². The quantitative estimate of drug-likeness (QED) is 0.864. The monoisotopic (exact) mass is 289 g/mol. The van der Waals surface area contributed by atoms with Gasteiger partial charge in [-0.25, -0.2) is 0 Å². The second kappa shape index (κ2) is 6.83. The minimum atomic E-state index is 0.230. The van der Waals surface area contributed by atoms with Gasteiger partial charge in [0.25, 0.3) is 0 Å². The minimum Gasteiger partial charge on any atom is -0.496 e. The fourth-order valence-electron chi connectivity index (χ4n) is 3.49. The number of aryl methyl sites for hydroxylation is 1. The Hall–Kier alpha value is -1.02. The largest absolute Gasteiger partial charge is 0.496 e. The molecule has 1 aliphatic rings. The van der Waals surface area contributed by atoms with Crippen molar-refractivity contribution in [1.82, 2.24) is 5.32 Å². The van der Waals surface area contributed by atoms with E-state index < -0.39 is 0 Å². The molecule has 1 N–H and O–H groups in total. The Morgan fingerprint density at radius 3 is 2.52 bits per heavy atom. The summed E-state index contributed by atoms with van der Waals surface area (Å²) in [5.74, 6) is 1.91. The Balaban J connectivity index is 2.37. The Morgan fingerprint density at radius 2 is 1.95 bits per heavy atom. The highest BCUT2D eigenvalue weighted by molar-refractivity contribution is 5.43. The van der Waals surface area contributed by atoms with Gasteiger partial charge in [-0.15, -0.1) is 0 Å². The van der Waals surface area contributed by atoms with Crippen molar-refractivity contribution in [2.75, 3.05) is 13.7 Å². The summed E-state index contributed by atoms with van der Waals surface area (Å²) in [5.41, 5.74) is 2.96. The molecule has 21 heavy (non-hydrogen) atoms. The third-order valence-corrected chi connectivity index (χ3v) is 5.01. The molecule has 0 aliphatic heterocycles. The Morgan fingerprint density at radius 1 is 1.29 bits per heavy atom. The number of benzene rings is 1. The number of nitrogens with one attached hydrogen (secondary N) is 1. The van der Waals surface area contributed by atoms with Gasteiger partial charge in [0.15, 0.2) is 0 Å². The van der Waals surface area contributed by atoms with Crippen LogP contribution in [0.15, 0.2) is 18.2 Å².